The zero-order chi connectivity index (χ0) is 11.1. The third kappa shape index (κ3) is 4.98. The van der Waals surface area contributed by atoms with E-state index in [1.54, 1.807) is 0 Å². The van der Waals surface area contributed by atoms with Gasteiger partial charge in [-0.2, -0.15) is 0 Å². The minimum Gasteiger partial charge on any atom is -0.380 e. The Morgan fingerprint density at radius 2 is 2.27 bits per heavy atom. The van der Waals surface area contributed by atoms with Crippen molar-refractivity contribution >= 4 is 27.5 Å². The second-order valence-electron chi connectivity index (χ2n) is 3.11. The molecule has 1 N–H and O–H groups in total. The molecule has 0 aromatic heterocycles. The summed E-state index contributed by atoms with van der Waals surface area (Å²) in [6, 6.07) is 5.91. The normalized spacial score (nSPS) is 10.6. The zero-order valence-corrected chi connectivity index (χ0v) is 11.1. The first-order chi connectivity index (χ1) is 7.24. The van der Waals surface area contributed by atoms with Gasteiger partial charge in [0.05, 0.1) is 6.61 Å². The van der Waals surface area contributed by atoms with Crippen molar-refractivity contribution in [2.75, 3.05) is 19.8 Å². The highest BCUT2D eigenvalue weighted by molar-refractivity contribution is 9.10. The average molecular weight is 293 g/mol. The molecular weight excluding hydrogens is 277 g/mol. The van der Waals surface area contributed by atoms with E-state index in [2.05, 4.69) is 21.2 Å². The summed E-state index contributed by atoms with van der Waals surface area (Å²) in [4.78, 5) is 0. The van der Waals surface area contributed by atoms with Crippen molar-refractivity contribution in [1.82, 2.24) is 5.32 Å². The molecule has 0 spiro atoms. The first kappa shape index (κ1) is 13.0. The third-order valence-electron chi connectivity index (χ3n) is 1.96. The molecule has 0 unspecified atom stereocenters. The molecule has 0 amide bonds. The van der Waals surface area contributed by atoms with Gasteiger partial charge in [-0.3, -0.25) is 0 Å². The van der Waals surface area contributed by atoms with Crippen molar-refractivity contribution in [3.05, 3.63) is 33.3 Å². The number of halogens is 2. The predicted octanol–water partition coefficient (Wildman–Crippen LogP) is 3.23. The Hall–Kier alpha value is -0.0900. The van der Waals surface area contributed by atoms with Crippen molar-refractivity contribution in [3.8, 4) is 0 Å². The van der Waals surface area contributed by atoms with Gasteiger partial charge in [-0.05, 0) is 24.6 Å². The van der Waals surface area contributed by atoms with Gasteiger partial charge >= 0.3 is 0 Å². The second-order valence-corrected chi connectivity index (χ2v) is 4.43. The van der Waals surface area contributed by atoms with Crippen LogP contribution >= 0.6 is 27.5 Å². The number of benzene rings is 1. The lowest BCUT2D eigenvalue weighted by atomic mass is 10.2. The maximum atomic E-state index is 6.07. The summed E-state index contributed by atoms with van der Waals surface area (Å²) < 4.78 is 6.22. The summed E-state index contributed by atoms with van der Waals surface area (Å²) in [7, 11) is 0. The molecule has 1 aromatic carbocycles. The van der Waals surface area contributed by atoms with Crippen LogP contribution in [-0.4, -0.2) is 19.8 Å². The van der Waals surface area contributed by atoms with Crippen molar-refractivity contribution in [2.24, 2.45) is 0 Å². The van der Waals surface area contributed by atoms with Crippen molar-refractivity contribution in [1.29, 1.82) is 0 Å². The lowest BCUT2D eigenvalue weighted by molar-refractivity contribution is 0.149. The van der Waals surface area contributed by atoms with Crippen LogP contribution in [0.2, 0.25) is 5.02 Å². The van der Waals surface area contributed by atoms with Crippen LogP contribution in [0.15, 0.2) is 22.7 Å². The quantitative estimate of drug-likeness (QED) is 0.813. The number of rotatable bonds is 6. The highest BCUT2D eigenvalue weighted by Gasteiger charge is 1.99. The Bertz CT molecular complexity index is 307. The molecule has 0 aliphatic rings. The molecule has 0 radical (unpaired) electrons. The Labute approximate surface area is 104 Å². The lowest BCUT2D eigenvalue weighted by Crippen LogP contribution is -2.19. The molecule has 15 heavy (non-hydrogen) atoms. The lowest BCUT2D eigenvalue weighted by Gasteiger charge is -2.07. The molecule has 0 bridgehead atoms. The summed E-state index contributed by atoms with van der Waals surface area (Å²) in [5.41, 5.74) is 1.11. The number of nitrogens with one attached hydrogen (secondary N) is 1. The van der Waals surface area contributed by atoms with E-state index in [1.807, 2.05) is 25.1 Å². The summed E-state index contributed by atoms with van der Waals surface area (Å²) in [5, 5.41) is 4.06. The highest BCUT2D eigenvalue weighted by atomic mass is 79.9. The molecule has 1 rings (SSSR count). The average Bonchev–Trinajstić information content (AvgIpc) is 2.20. The topological polar surface area (TPSA) is 21.3 Å². The van der Waals surface area contributed by atoms with Gasteiger partial charge in [-0.15, -0.1) is 0 Å². The molecule has 0 saturated heterocycles. The molecule has 4 heteroatoms. The van der Waals surface area contributed by atoms with Gasteiger partial charge in [0.1, 0.15) is 0 Å². The Balaban J connectivity index is 2.31. The van der Waals surface area contributed by atoms with E-state index < -0.39 is 0 Å². The van der Waals surface area contributed by atoms with Crippen LogP contribution in [0.1, 0.15) is 12.5 Å². The van der Waals surface area contributed by atoms with Gasteiger partial charge in [0.15, 0.2) is 0 Å². The van der Waals surface area contributed by atoms with Crippen LogP contribution < -0.4 is 5.32 Å². The number of hydrogen-bond acceptors (Lipinski definition) is 2. The molecule has 84 valence electrons. The Kier molecular flexibility index (Phi) is 6.25. The van der Waals surface area contributed by atoms with Gasteiger partial charge in [0.2, 0.25) is 0 Å². The molecular formula is C11H15BrClNO. The van der Waals surface area contributed by atoms with Gasteiger partial charge < -0.3 is 10.1 Å². The van der Waals surface area contributed by atoms with Crippen molar-refractivity contribution in [3.63, 3.8) is 0 Å². The fourth-order valence-electron chi connectivity index (χ4n) is 1.18. The molecule has 0 aliphatic heterocycles. The first-order valence-electron chi connectivity index (χ1n) is 4.96. The number of hydrogen-bond donors (Lipinski definition) is 1. The highest BCUT2D eigenvalue weighted by Crippen LogP contribution is 2.20. The predicted molar refractivity (Wildman–Crippen MR) is 67.4 cm³/mol. The maximum absolute atomic E-state index is 6.07. The minimum atomic E-state index is 0.741. The van der Waals surface area contributed by atoms with Gasteiger partial charge in [-0.25, -0.2) is 0 Å². The van der Waals surface area contributed by atoms with Crippen LogP contribution in [0.4, 0.5) is 0 Å². The molecule has 0 atom stereocenters. The minimum absolute atomic E-state index is 0.741. The molecule has 0 aliphatic carbocycles. The van der Waals surface area contributed by atoms with Crippen LogP contribution in [-0.2, 0) is 11.3 Å². The number of ether oxygens (including phenoxy) is 1. The molecule has 1 aromatic rings. The van der Waals surface area contributed by atoms with Crippen LogP contribution in [0, 0.1) is 0 Å². The van der Waals surface area contributed by atoms with E-state index in [0.717, 1.165) is 41.4 Å². The fraction of sp³-hybridized carbons (Fsp3) is 0.455. The summed E-state index contributed by atoms with van der Waals surface area (Å²) in [5.74, 6) is 0. The fourth-order valence-corrected chi connectivity index (χ4v) is 1.92. The standard InChI is InChI=1S/C11H15BrClNO/c1-2-15-6-5-14-8-9-3-4-10(12)7-11(9)13/h3-4,7,14H,2,5-6,8H2,1H3. The molecule has 0 fully saturated rings. The van der Waals surface area contributed by atoms with Crippen molar-refractivity contribution in [2.45, 2.75) is 13.5 Å². The SMILES string of the molecule is CCOCCNCc1ccc(Br)cc1Cl. The summed E-state index contributed by atoms with van der Waals surface area (Å²) in [6.45, 7) is 5.12. The van der Waals surface area contributed by atoms with Gasteiger partial charge in [-0.1, -0.05) is 33.6 Å². The summed E-state index contributed by atoms with van der Waals surface area (Å²) in [6.07, 6.45) is 0. The second kappa shape index (κ2) is 7.23. The van der Waals surface area contributed by atoms with Crippen molar-refractivity contribution < 1.29 is 4.74 Å². The van der Waals surface area contributed by atoms with Crippen LogP contribution in [0.25, 0.3) is 0 Å². The third-order valence-corrected chi connectivity index (χ3v) is 2.80. The van der Waals surface area contributed by atoms with Gasteiger partial charge in [0.25, 0.3) is 0 Å². The first-order valence-corrected chi connectivity index (χ1v) is 6.13. The van der Waals surface area contributed by atoms with E-state index in [9.17, 15) is 0 Å². The van der Waals surface area contributed by atoms with E-state index in [-0.39, 0.29) is 0 Å². The molecule has 0 heterocycles. The van der Waals surface area contributed by atoms with Gasteiger partial charge in [0, 0.05) is 29.2 Å². The largest absolute Gasteiger partial charge is 0.380 e. The van der Waals surface area contributed by atoms with E-state index >= 15 is 0 Å². The Morgan fingerprint density at radius 1 is 1.47 bits per heavy atom. The molecule has 2 nitrogen and oxygen atoms in total. The van der Waals surface area contributed by atoms with E-state index in [4.69, 9.17) is 16.3 Å². The van der Waals surface area contributed by atoms with E-state index in [1.165, 1.54) is 0 Å². The zero-order valence-electron chi connectivity index (χ0n) is 8.72. The summed E-state index contributed by atoms with van der Waals surface area (Å²) >= 11 is 9.44. The maximum Gasteiger partial charge on any atom is 0.0590 e. The van der Waals surface area contributed by atoms with Crippen LogP contribution in [0.3, 0.4) is 0 Å². The van der Waals surface area contributed by atoms with E-state index in [0.29, 0.717) is 0 Å². The smallest absolute Gasteiger partial charge is 0.0590 e. The Morgan fingerprint density at radius 3 is 2.93 bits per heavy atom. The monoisotopic (exact) mass is 291 g/mol. The van der Waals surface area contributed by atoms with Crippen LogP contribution in [0.5, 0.6) is 0 Å². The molecule has 0 saturated carbocycles.